The molecule has 34 heavy (non-hydrogen) atoms. The number of nitrogens with zero attached hydrogens (tertiary/aromatic N) is 3. The zero-order valence-corrected chi connectivity index (χ0v) is 21.7. The van der Waals surface area contributed by atoms with E-state index in [9.17, 15) is 9.59 Å². The van der Waals surface area contributed by atoms with Crippen LogP contribution in [0.5, 0.6) is 5.75 Å². The molecule has 0 atom stereocenters. The van der Waals surface area contributed by atoms with E-state index in [0.29, 0.717) is 53.4 Å². The molecule has 2 aliphatic heterocycles. The molecule has 0 N–H and O–H groups in total. The molecule has 2 aliphatic rings. The zero-order valence-electron chi connectivity index (χ0n) is 19.3. The van der Waals surface area contributed by atoms with Crippen molar-refractivity contribution in [3.8, 4) is 5.75 Å². The number of ether oxygens (including phenoxy) is 2. The molecule has 0 unspecified atom stereocenters. The Hall–Kier alpha value is -2.62. The summed E-state index contributed by atoms with van der Waals surface area (Å²) < 4.78 is 12.1. The first kappa shape index (κ1) is 24.5. The molecule has 2 amide bonds. The summed E-state index contributed by atoms with van der Waals surface area (Å²) in [6.45, 7) is 6.19. The van der Waals surface area contributed by atoms with Crippen LogP contribution >= 0.6 is 27.7 Å². The van der Waals surface area contributed by atoms with Gasteiger partial charge in [0.25, 0.3) is 11.8 Å². The van der Waals surface area contributed by atoms with E-state index in [2.05, 4.69) is 20.9 Å². The van der Waals surface area contributed by atoms with Gasteiger partial charge in [0.2, 0.25) is 0 Å². The molecule has 0 radical (unpaired) electrons. The second-order valence-electron chi connectivity index (χ2n) is 8.17. The van der Waals surface area contributed by atoms with E-state index in [0.717, 1.165) is 10.0 Å². The monoisotopic (exact) mass is 543 g/mol. The molecule has 9 heteroatoms. The molecule has 0 aromatic heterocycles. The Balaban J connectivity index is 1.58. The van der Waals surface area contributed by atoms with E-state index in [1.807, 2.05) is 50.3 Å². The van der Waals surface area contributed by atoms with E-state index in [4.69, 9.17) is 9.47 Å². The Labute approximate surface area is 211 Å². The normalized spacial score (nSPS) is 18.9. The van der Waals surface area contributed by atoms with Gasteiger partial charge in [0, 0.05) is 35.7 Å². The van der Waals surface area contributed by atoms with Crippen LogP contribution in [0.2, 0.25) is 0 Å². The standard InChI is InChI=1S/C25H26BrN3O4S/c1-16(2)33-21-8-7-19(26)13-18(21)15-22-24(31)28(3)25(34-22)27-20-6-4-5-17(14-20)23(30)29-9-11-32-12-10-29/h4-8,13-16H,9-12H2,1-3H3/b22-15+,27-25?. The maximum atomic E-state index is 12.9. The van der Waals surface area contributed by atoms with Crippen molar-refractivity contribution in [2.75, 3.05) is 33.4 Å². The summed E-state index contributed by atoms with van der Waals surface area (Å²) >= 11 is 4.79. The smallest absolute Gasteiger partial charge is 0.266 e. The number of rotatable bonds is 5. The highest BCUT2D eigenvalue weighted by molar-refractivity contribution is 9.10. The van der Waals surface area contributed by atoms with E-state index in [1.165, 1.54) is 16.7 Å². The predicted octanol–water partition coefficient (Wildman–Crippen LogP) is 4.94. The number of thioether (sulfide) groups is 1. The van der Waals surface area contributed by atoms with Crippen molar-refractivity contribution in [2.45, 2.75) is 20.0 Å². The first-order chi connectivity index (χ1) is 16.3. The van der Waals surface area contributed by atoms with E-state index in [-0.39, 0.29) is 17.9 Å². The molecule has 2 fully saturated rings. The fraction of sp³-hybridized carbons (Fsp3) is 0.320. The highest BCUT2D eigenvalue weighted by Gasteiger charge is 2.31. The van der Waals surface area contributed by atoms with Gasteiger partial charge in [-0.2, -0.15) is 0 Å². The topological polar surface area (TPSA) is 71.4 Å². The minimum Gasteiger partial charge on any atom is -0.490 e. The zero-order chi connectivity index (χ0) is 24.2. The Morgan fingerprint density at radius 3 is 2.71 bits per heavy atom. The number of carbonyl (C=O) groups excluding carboxylic acids is 2. The number of amides is 2. The summed E-state index contributed by atoms with van der Waals surface area (Å²) in [4.78, 5) is 34.3. The Kier molecular flexibility index (Phi) is 7.75. The summed E-state index contributed by atoms with van der Waals surface area (Å²) in [5.41, 5.74) is 2.00. The van der Waals surface area contributed by atoms with E-state index in [1.54, 1.807) is 24.1 Å². The van der Waals surface area contributed by atoms with E-state index >= 15 is 0 Å². The highest BCUT2D eigenvalue weighted by atomic mass is 79.9. The van der Waals surface area contributed by atoms with Crippen LogP contribution in [-0.2, 0) is 9.53 Å². The summed E-state index contributed by atoms with van der Waals surface area (Å²) in [6.07, 6.45) is 1.84. The van der Waals surface area contributed by atoms with Gasteiger partial charge >= 0.3 is 0 Å². The third kappa shape index (κ3) is 5.71. The van der Waals surface area contributed by atoms with Crippen molar-refractivity contribution in [3.05, 3.63) is 63.0 Å². The average molecular weight is 544 g/mol. The van der Waals surface area contributed by atoms with Gasteiger partial charge in [0.1, 0.15) is 5.75 Å². The van der Waals surface area contributed by atoms with Crippen LogP contribution in [0, 0.1) is 0 Å². The first-order valence-corrected chi connectivity index (χ1v) is 12.6. The largest absolute Gasteiger partial charge is 0.490 e. The van der Waals surface area contributed by atoms with E-state index < -0.39 is 0 Å². The number of benzene rings is 2. The summed E-state index contributed by atoms with van der Waals surface area (Å²) in [5.74, 6) is 0.531. The Morgan fingerprint density at radius 1 is 1.21 bits per heavy atom. The Morgan fingerprint density at radius 2 is 1.97 bits per heavy atom. The number of aliphatic imine (C=N–C) groups is 1. The second-order valence-corrected chi connectivity index (χ2v) is 10.1. The first-order valence-electron chi connectivity index (χ1n) is 11.0. The number of halogens is 1. The van der Waals surface area contributed by atoms with Crippen LogP contribution in [0.1, 0.15) is 29.8 Å². The number of amidine groups is 1. The summed E-state index contributed by atoms with van der Waals surface area (Å²) in [6, 6.07) is 12.9. The molecule has 0 aliphatic carbocycles. The predicted molar refractivity (Wildman–Crippen MR) is 139 cm³/mol. The van der Waals surface area contributed by atoms with Gasteiger partial charge in [-0.25, -0.2) is 4.99 Å². The lowest BCUT2D eigenvalue weighted by atomic mass is 10.1. The lowest BCUT2D eigenvalue weighted by Gasteiger charge is -2.26. The summed E-state index contributed by atoms with van der Waals surface area (Å²) in [5, 5.41) is 0.550. The molecule has 7 nitrogen and oxygen atoms in total. The molecule has 2 heterocycles. The van der Waals surface area contributed by atoms with Gasteiger partial charge in [-0.05, 0) is 68.1 Å². The number of carbonyl (C=O) groups is 2. The SMILES string of the molecule is CC(C)Oc1ccc(Br)cc1/C=C1/SC(=Nc2cccc(C(=O)N3CCOCC3)c2)N(C)C1=O. The molecule has 2 saturated heterocycles. The molecule has 0 bridgehead atoms. The molecule has 0 saturated carbocycles. The maximum Gasteiger partial charge on any atom is 0.266 e. The van der Waals surface area contributed by atoms with Gasteiger partial charge in [-0.15, -0.1) is 0 Å². The quantitative estimate of drug-likeness (QED) is 0.499. The molecule has 178 valence electrons. The van der Waals surface area contributed by atoms with Crippen molar-refractivity contribution in [2.24, 2.45) is 4.99 Å². The molecule has 4 rings (SSSR count). The van der Waals surface area contributed by atoms with Crippen molar-refractivity contribution in [1.29, 1.82) is 0 Å². The number of likely N-dealkylation sites (N-methyl/N-ethyl adjacent to an activating group) is 1. The van der Waals surface area contributed by atoms with Crippen LogP contribution in [-0.4, -0.2) is 66.2 Å². The fourth-order valence-corrected chi connectivity index (χ4v) is 4.91. The highest BCUT2D eigenvalue weighted by Crippen LogP contribution is 2.35. The average Bonchev–Trinajstić information content (AvgIpc) is 3.08. The lowest BCUT2D eigenvalue weighted by molar-refractivity contribution is -0.121. The van der Waals surface area contributed by atoms with Crippen LogP contribution in [0.25, 0.3) is 6.08 Å². The van der Waals surface area contributed by atoms with Gasteiger partial charge in [0.15, 0.2) is 5.17 Å². The number of morpholine rings is 1. The van der Waals surface area contributed by atoms with Gasteiger partial charge in [0.05, 0.1) is 29.9 Å². The summed E-state index contributed by atoms with van der Waals surface area (Å²) in [7, 11) is 1.70. The minimum absolute atomic E-state index is 0.0116. The van der Waals surface area contributed by atoms with Crippen LogP contribution in [0.4, 0.5) is 5.69 Å². The molecular formula is C25H26BrN3O4S. The van der Waals surface area contributed by atoms with Crippen molar-refractivity contribution in [3.63, 3.8) is 0 Å². The Bertz CT molecular complexity index is 1160. The third-order valence-electron chi connectivity index (χ3n) is 5.24. The lowest BCUT2D eigenvalue weighted by Crippen LogP contribution is -2.40. The molecular weight excluding hydrogens is 518 g/mol. The van der Waals surface area contributed by atoms with Crippen LogP contribution < -0.4 is 4.74 Å². The van der Waals surface area contributed by atoms with Gasteiger partial charge in [-0.3, -0.25) is 14.5 Å². The fourth-order valence-electron chi connectivity index (χ4n) is 3.55. The number of hydrogen-bond acceptors (Lipinski definition) is 6. The second kappa shape index (κ2) is 10.8. The van der Waals surface area contributed by atoms with Gasteiger partial charge < -0.3 is 14.4 Å². The van der Waals surface area contributed by atoms with Crippen LogP contribution in [0.3, 0.4) is 0 Å². The van der Waals surface area contributed by atoms with Crippen molar-refractivity contribution < 1.29 is 19.1 Å². The minimum atomic E-state index is -0.139. The molecule has 2 aromatic rings. The van der Waals surface area contributed by atoms with Crippen molar-refractivity contribution in [1.82, 2.24) is 9.80 Å². The maximum absolute atomic E-state index is 12.9. The van der Waals surface area contributed by atoms with Crippen molar-refractivity contribution >= 4 is 56.4 Å². The third-order valence-corrected chi connectivity index (χ3v) is 6.79. The number of hydrogen-bond donors (Lipinski definition) is 0. The molecule has 2 aromatic carbocycles. The van der Waals surface area contributed by atoms with Gasteiger partial charge in [-0.1, -0.05) is 22.0 Å². The molecule has 0 spiro atoms. The van der Waals surface area contributed by atoms with Crippen LogP contribution in [0.15, 0.2) is 56.8 Å².